The lowest BCUT2D eigenvalue weighted by molar-refractivity contribution is -0.155. The Hall–Kier alpha value is -1.51. The van der Waals surface area contributed by atoms with Gasteiger partial charge in [-0.15, -0.1) is 0 Å². The summed E-state index contributed by atoms with van der Waals surface area (Å²) in [6, 6.07) is 6.18. The molecule has 0 aliphatic heterocycles. The summed E-state index contributed by atoms with van der Waals surface area (Å²) in [7, 11) is 0. The number of carbonyl (C=O) groups is 1. The van der Waals surface area contributed by atoms with Crippen molar-refractivity contribution < 1.29 is 14.3 Å². The van der Waals surface area contributed by atoms with Crippen molar-refractivity contribution in [3.8, 4) is 5.75 Å². The molecule has 20 heavy (non-hydrogen) atoms. The lowest BCUT2D eigenvalue weighted by atomic mass is 10.0. The first-order chi connectivity index (χ1) is 9.19. The average Bonchev–Trinajstić information content (AvgIpc) is 2.26. The number of hydrogen-bond acceptors (Lipinski definition) is 3. The van der Waals surface area contributed by atoms with Crippen LogP contribution in [0.5, 0.6) is 5.75 Å². The fraction of sp³-hybridized carbons (Fsp3) is 0.588. The molecule has 1 aromatic carbocycles. The highest BCUT2D eigenvalue weighted by molar-refractivity contribution is 5.70. The van der Waals surface area contributed by atoms with Gasteiger partial charge >= 0.3 is 5.97 Å². The molecule has 0 spiro atoms. The molecule has 0 atom stereocenters. The summed E-state index contributed by atoms with van der Waals surface area (Å²) in [4.78, 5) is 11.6. The normalized spacial score (nSPS) is 11.6. The lowest BCUT2D eigenvalue weighted by Crippen LogP contribution is -2.24. The van der Waals surface area contributed by atoms with Gasteiger partial charge in [0.05, 0.1) is 13.0 Å². The van der Waals surface area contributed by atoms with Gasteiger partial charge in [0, 0.05) is 0 Å². The molecule has 0 aromatic heterocycles. The molecule has 3 heteroatoms. The van der Waals surface area contributed by atoms with Crippen LogP contribution in [0.1, 0.15) is 58.1 Å². The van der Waals surface area contributed by atoms with Gasteiger partial charge in [-0.2, -0.15) is 0 Å². The maximum absolute atomic E-state index is 11.6. The van der Waals surface area contributed by atoms with Gasteiger partial charge < -0.3 is 9.47 Å². The first kappa shape index (κ1) is 16.5. The van der Waals surface area contributed by atoms with Crippen molar-refractivity contribution in [1.29, 1.82) is 0 Å². The van der Waals surface area contributed by atoms with Crippen molar-refractivity contribution in [2.45, 2.75) is 59.5 Å². The van der Waals surface area contributed by atoms with Crippen LogP contribution in [0.4, 0.5) is 0 Å². The lowest BCUT2D eigenvalue weighted by Gasteiger charge is -2.20. The van der Waals surface area contributed by atoms with E-state index in [1.807, 2.05) is 33.8 Å². The van der Waals surface area contributed by atoms with Crippen LogP contribution >= 0.6 is 0 Å². The van der Waals surface area contributed by atoms with E-state index in [4.69, 9.17) is 9.47 Å². The molecule has 0 bridgehead atoms. The number of hydrogen-bond donors (Lipinski definition) is 0. The van der Waals surface area contributed by atoms with E-state index in [1.165, 1.54) is 5.56 Å². The maximum atomic E-state index is 11.6. The monoisotopic (exact) mass is 278 g/mol. The Balaban J connectivity index is 2.58. The van der Waals surface area contributed by atoms with Crippen LogP contribution in [-0.4, -0.2) is 18.2 Å². The van der Waals surface area contributed by atoms with Gasteiger partial charge in [-0.25, -0.2) is 0 Å². The highest BCUT2D eigenvalue weighted by atomic mass is 16.6. The molecule has 0 heterocycles. The first-order valence-electron chi connectivity index (χ1n) is 7.14. The predicted octanol–water partition coefficient (Wildman–Crippen LogP) is 4.23. The highest BCUT2D eigenvalue weighted by Crippen LogP contribution is 2.27. The molecule has 1 aromatic rings. The Morgan fingerprint density at radius 3 is 2.45 bits per heavy atom. The predicted molar refractivity (Wildman–Crippen MR) is 81.2 cm³/mol. The quantitative estimate of drug-likeness (QED) is 0.756. The number of benzene rings is 1. The van der Waals surface area contributed by atoms with Crippen molar-refractivity contribution in [2.24, 2.45) is 0 Å². The van der Waals surface area contributed by atoms with Gasteiger partial charge in [-0.1, -0.05) is 26.0 Å². The molecule has 0 N–H and O–H groups in total. The molecule has 3 nitrogen and oxygen atoms in total. The fourth-order valence-corrected chi connectivity index (χ4v) is 1.88. The SMILES string of the molecule is Cc1ccc(C(C)C)c(OCCC(=O)OC(C)(C)C)c1. The fourth-order valence-electron chi connectivity index (χ4n) is 1.88. The standard InChI is InChI=1S/C17H26O3/c1-12(2)14-8-7-13(3)11-15(14)19-10-9-16(18)20-17(4,5)6/h7-8,11-12H,9-10H2,1-6H3. The summed E-state index contributed by atoms with van der Waals surface area (Å²) >= 11 is 0. The van der Waals surface area contributed by atoms with E-state index in [1.54, 1.807) is 0 Å². The second-order valence-electron chi connectivity index (χ2n) is 6.38. The molecule has 0 saturated carbocycles. The Morgan fingerprint density at radius 2 is 1.90 bits per heavy atom. The molecule has 0 saturated heterocycles. The van der Waals surface area contributed by atoms with Gasteiger partial charge in [0.1, 0.15) is 11.4 Å². The molecule has 1 rings (SSSR count). The molecular weight excluding hydrogens is 252 g/mol. The molecule has 0 unspecified atom stereocenters. The highest BCUT2D eigenvalue weighted by Gasteiger charge is 2.16. The summed E-state index contributed by atoms with van der Waals surface area (Å²) in [5.74, 6) is 1.03. The Morgan fingerprint density at radius 1 is 1.25 bits per heavy atom. The van der Waals surface area contributed by atoms with Crippen molar-refractivity contribution in [1.82, 2.24) is 0 Å². The van der Waals surface area contributed by atoms with E-state index in [-0.39, 0.29) is 12.4 Å². The first-order valence-corrected chi connectivity index (χ1v) is 7.14. The third kappa shape index (κ3) is 5.64. The van der Waals surface area contributed by atoms with E-state index < -0.39 is 5.60 Å². The maximum Gasteiger partial charge on any atom is 0.309 e. The minimum atomic E-state index is -0.441. The summed E-state index contributed by atoms with van der Waals surface area (Å²) in [6.45, 7) is 12.2. The Bertz CT molecular complexity index is 456. The number of esters is 1. The van der Waals surface area contributed by atoms with Gasteiger partial charge in [0.2, 0.25) is 0 Å². The zero-order valence-electron chi connectivity index (χ0n) is 13.4. The minimum Gasteiger partial charge on any atom is -0.493 e. The third-order valence-corrected chi connectivity index (χ3v) is 2.77. The molecular formula is C17H26O3. The summed E-state index contributed by atoms with van der Waals surface area (Å²) in [5.41, 5.74) is 1.88. The van der Waals surface area contributed by atoms with Crippen molar-refractivity contribution in [3.05, 3.63) is 29.3 Å². The van der Waals surface area contributed by atoms with E-state index in [0.717, 1.165) is 11.3 Å². The largest absolute Gasteiger partial charge is 0.493 e. The van der Waals surface area contributed by atoms with Crippen LogP contribution in [-0.2, 0) is 9.53 Å². The van der Waals surface area contributed by atoms with E-state index in [2.05, 4.69) is 26.0 Å². The second kappa shape index (κ2) is 6.78. The second-order valence-corrected chi connectivity index (χ2v) is 6.38. The van der Waals surface area contributed by atoms with E-state index >= 15 is 0 Å². The summed E-state index contributed by atoms with van der Waals surface area (Å²) < 4.78 is 11.0. The molecule has 0 radical (unpaired) electrons. The van der Waals surface area contributed by atoms with Crippen molar-refractivity contribution >= 4 is 5.97 Å². The minimum absolute atomic E-state index is 0.226. The molecule has 0 amide bonds. The summed E-state index contributed by atoms with van der Waals surface area (Å²) in [5, 5.41) is 0. The Labute approximate surface area is 122 Å². The smallest absolute Gasteiger partial charge is 0.309 e. The van der Waals surface area contributed by atoms with Crippen LogP contribution in [0.2, 0.25) is 0 Å². The average molecular weight is 278 g/mol. The zero-order chi connectivity index (χ0) is 15.3. The molecule has 112 valence electrons. The van der Waals surface area contributed by atoms with E-state index in [0.29, 0.717) is 12.5 Å². The number of aryl methyl sites for hydroxylation is 1. The molecule has 0 fully saturated rings. The van der Waals surface area contributed by atoms with Crippen LogP contribution in [0, 0.1) is 6.92 Å². The number of rotatable bonds is 5. The van der Waals surface area contributed by atoms with Crippen molar-refractivity contribution in [3.63, 3.8) is 0 Å². The van der Waals surface area contributed by atoms with E-state index in [9.17, 15) is 4.79 Å². The molecule has 0 aliphatic rings. The topological polar surface area (TPSA) is 35.5 Å². The van der Waals surface area contributed by atoms with Gasteiger partial charge in [-0.05, 0) is 50.8 Å². The van der Waals surface area contributed by atoms with Gasteiger partial charge in [0.25, 0.3) is 0 Å². The van der Waals surface area contributed by atoms with Gasteiger partial charge in [-0.3, -0.25) is 4.79 Å². The number of carbonyl (C=O) groups excluding carboxylic acids is 1. The van der Waals surface area contributed by atoms with Crippen LogP contribution in [0.15, 0.2) is 18.2 Å². The van der Waals surface area contributed by atoms with Crippen LogP contribution < -0.4 is 4.74 Å². The molecule has 0 aliphatic carbocycles. The Kier molecular flexibility index (Phi) is 5.61. The van der Waals surface area contributed by atoms with Gasteiger partial charge in [0.15, 0.2) is 0 Å². The van der Waals surface area contributed by atoms with Crippen molar-refractivity contribution in [2.75, 3.05) is 6.61 Å². The number of ether oxygens (including phenoxy) is 2. The summed E-state index contributed by atoms with van der Waals surface area (Å²) in [6.07, 6.45) is 0.267. The van der Waals surface area contributed by atoms with Crippen LogP contribution in [0.25, 0.3) is 0 Å². The third-order valence-electron chi connectivity index (χ3n) is 2.77. The van der Waals surface area contributed by atoms with Crippen LogP contribution in [0.3, 0.4) is 0 Å². The zero-order valence-corrected chi connectivity index (χ0v) is 13.4.